The minimum absolute atomic E-state index is 0.112. The number of aromatic nitrogens is 4. The van der Waals surface area contributed by atoms with Crippen molar-refractivity contribution in [2.45, 2.75) is 19.9 Å². The minimum atomic E-state index is -0.112. The number of aryl methyl sites for hydroxylation is 2. The number of benzene rings is 1. The Morgan fingerprint density at radius 2 is 1.81 bits per heavy atom. The van der Waals surface area contributed by atoms with Crippen molar-refractivity contribution < 1.29 is 4.79 Å². The molecular weight excluding hydrogens is 338 g/mol. The molecule has 0 saturated carbocycles. The third kappa shape index (κ3) is 3.55. The van der Waals surface area contributed by atoms with Crippen LogP contribution < -0.4 is 5.32 Å². The number of nitrogens with zero attached hydrogens (tertiary/aromatic N) is 4. The van der Waals surface area contributed by atoms with E-state index in [1.54, 1.807) is 12.4 Å². The molecule has 0 unspecified atom stereocenters. The number of fused-ring (bicyclic) bond motifs is 1. The molecule has 6 nitrogen and oxygen atoms in total. The van der Waals surface area contributed by atoms with Gasteiger partial charge in [-0.15, -0.1) is 0 Å². The van der Waals surface area contributed by atoms with E-state index in [1.807, 2.05) is 54.6 Å². The average Bonchev–Trinajstić information content (AvgIpc) is 3.07. The molecule has 0 aliphatic carbocycles. The number of carbonyl (C=O) groups excluding carboxylic acids is 1. The molecular formula is C21H19N5O. The smallest absolute Gasteiger partial charge is 0.221 e. The zero-order valence-corrected chi connectivity index (χ0v) is 15.0. The van der Waals surface area contributed by atoms with E-state index in [4.69, 9.17) is 4.98 Å². The molecule has 0 atom stereocenters. The van der Waals surface area contributed by atoms with E-state index < -0.39 is 0 Å². The van der Waals surface area contributed by atoms with Crippen molar-refractivity contribution in [3.05, 3.63) is 72.7 Å². The first kappa shape index (κ1) is 16.9. The predicted octanol–water partition coefficient (Wildman–Crippen LogP) is 3.69. The van der Waals surface area contributed by atoms with Gasteiger partial charge in [0.05, 0.1) is 16.7 Å². The molecule has 3 aromatic heterocycles. The van der Waals surface area contributed by atoms with E-state index in [0.29, 0.717) is 6.54 Å². The van der Waals surface area contributed by atoms with Crippen LogP contribution >= 0.6 is 0 Å². The second kappa shape index (κ2) is 7.37. The number of pyridine rings is 2. The third-order valence-corrected chi connectivity index (χ3v) is 4.29. The Bertz CT molecular complexity index is 1070. The third-order valence-electron chi connectivity index (χ3n) is 4.29. The van der Waals surface area contributed by atoms with E-state index in [2.05, 4.69) is 19.9 Å². The van der Waals surface area contributed by atoms with Crippen LogP contribution in [-0.4, -0.2) is 25.4 Å². The highest BCUT2D eigenvalue weighted by Crippen LogP contribution is 2.29. The van der Waals surface area contributed by atoms with Gasteiger partial charge in [-0.05, 0) is 36.4 Å². The molecule has 0 aliphatic heterocycles. The monoisotopic (exact) mass is 357 g/mol. The lowest BCUT2D eigenvalue weighted by molar-refractivity contribution is -0.114. The molecule has 4 aromatic rings. The second-order valence-corrected chi connectivity index (χ2v) is 6.23. The summed E-state index contributed by atoms with van der Waals surface area (Å²) in [6, 6.07) is 17.4. The van der Waals surface area contributed by atoms with Crippen molar-refractivity contribution in [1.82, 2.24) is 19.5 Å². The molecule has 0 saturated heterocycles. The van der Waals surface area contributed by atoms with E-state index in [0.717, 1.165) is 40.4 Å². The van der Waals surface area contributed by atoms with Crippen molar-refractivity contribution in [1.29, 1.82) is 0 Å². The summed E-state index contributed by atoms with van der Waals surface area (Å²) in [4.78, 5) is 25.3. The number of carbonyl (C=O) groups is 1. The predicted molar refractivity (Wildman–Crippen MR) is 105 cm³/mol. The molecule has 4 rings (SSSR count). The van der Waals surface area contributed by atoms with Crippen molar-refractivity contribution in [2.75, 3.05) is 5.32 Å². The minimum Gasteiger partial charge on any atom is -0.324 e. The second-order valence-electron chi connectivity index (χ2n) is 6.23. The van der Waals surface area contributed by atoms with Crippen LogP contribution in [0.5, 0.6) is 0 Å². The number of anilines is 1. The quantitative estimate of drug-likeness (QED) is 0.591. The molecule has 1 N–H and O–H groups in total. The van der Waals surface area contributed by atoms with Crippen LogP contribution in [0.25, 0.3) is 22.6 Å². The van der Waals surface area contributed by atoms with Crippen LogP contribution in [0.4, 0.5) is 5.69 Å². The van der Waals surface area contributed by atoms with Crippen molar-refractivity contribution >= 4 is 22.6 Å². The zero-order valence-electron chi connectivity index (χ0n) is 15.0. The summed E-state index contributed by atoms with van der Waals surface area (Å²) in [6.07, 6.45) is 4.30. The highest BCUT2D eigenvalue weighted by molar-refractivity contribution is 5.99. The average molecular weight is 357 g/mol. The molecule has 0 fully saturated rings. The Morgan fingerprint density at radius 3 is 2.52 bits per heavy atom. The number of hydrogen-bond acceptors (Lipinski definition) is 4. The number of rotatable bonds is 5. The molecule has 0 spiro atoms. The van der Waals surface area contributed by atoms with Crippen LogP contribution in [-0.2, 0) is 17.8 Å². The van der Waals surface area contributed by atoms with Crippen LogP contribution in [0.2, 0.25) is 0 Å². The lowest BCUT2D eigenvalue weighted by Crippen LogP contribution is -2.10. The molecule has 0 bridgehead atoms. The van der Waals surface area contributed by atoms with Gasteiger partial charge in [0.25, 0.3) is 0 Å². The van der Waals surface area contributed by atoms with Crippen molar-refractivity contribution in [3.63, 3.8) is 0 Å². The Labute approximate surface area is 156 Å². The van der Waals surface area contributed by atoms with Crippen LogP contribution in [0.15, 0.2) is 67.0 Å². The van der Waals surface area contributed by atoms with E-state index >= 15 is 0 Å². The van der Waals surface area contributed by atoms with Gasteiger partial charge in [-0.1, -0.05) is 18.2 Å². The number of hydrogen-bond donors (Lipinski definition) is 1. The van der Waals surface area contributed by atoms with Crippen LogP contribution in [0.3, 0.4) is 0 Å². The molecule has 134 valence electrons. The number of para-hydroxylation sites is 1. The molecule has 3 heterocycles. The normalized spacial score (nSPS) is 10.9. The fraction of sp³-hybridized carbons (Fsp3) is 0.143. The summed E-state index contributed by atoms with van der Waals surface area (Å²) in [7, 11) is 0. The topological polar surface area (TPSA) is 72.7 Å². The Balaban J connectivity index is 1.84. The van der Waals surface area contributed by atoms with E-state index in [9.17, 15) is 4.79 Å². The first-order chi connectivity index (χ1) is 13.2. The Hall–Kier alpha value is -3.54. The van der Waals surface area contributed by atoms with Crippen LogP contribution in [0, 0.1) is 0 Å². The lowest BCUT2D eigenvalue weighted by Gasteiger charge is -2.11. The zero-order chi connectivity index (χ0) is 18.6. The fourth-order valence-corrected chi connectivity index (χ4v) is 3.16. The van der Waals surface area contributed by atoms with Crippen molar-refractivity contribution in [2.24, 2.45) is 0 Å². The Morgan fingerprint density at radius 1 is 1.00 bits per heavy atom. The Kier molecular flexibility index (Phi) is 4.61. The summed E-state index contributed by atoms with van der Waals surface area (Å²) >= 11 is 0. The lowest BCUT2D eigenvalue weighted by atomic mass is 10.2. The number of nitrogens with one attached hydrogen (secondary N) is 1. The molecule has 6 heteroatoms. The highest BCUT2D eigenvalue weighted by atomic mass is 16.1. The maximum Gasteiger partial charge on any atom is 0.221 e. The maximum absolute atomic E-state index is 11.7. The fourth-order valence-electron chi connectivity index (χ4n) is 3.16. The first-order valence-corrected chi connectivity index (χ1v) is 8.80. The van der Waals surface area contributed by atoms with Crippen LogP contribution in [0.1, 0.15) is 12.6 Å². The van der Waals surface area contributed by atoms with Gasteiger partial charge < -0.3 is 9.88 Å². The summed E-state index contributed by atoms with van der Waals surface area (Å²) in [5.41, 5.74) is 4.26. The van der Waals surface area contributed by atoms with E-state index in [1.165, 1.54) is 6.92 Å². The highest BCUT2D eigenvalue weighted by Gasteiger charge is 2.17. The van der Waals surface area contributed by atoms with Gasteiger partial charge in [-0.3, -0.25) is 14.8 Å². The molecule has 1 amide bonds. The molecule has 1 aromatic carbocycles. The van der Waals surface area contributed by atoms with Gasteiger partial charge >= 0.3 is 0 Å². The van der Waals surface area contributed by atoms with Crippen molar-refractivity contribution in [3.8, 4) is 11.5 Å². The van der Waals surface area contributed by atoms with Gasteiger partial charge in [0, 0.05) is 38.0 Å². The van der Waals surface area contributed by atoms with E-state index in [-0.39, 0.29) is 5.91 Å². The molecule has 27 heavy (non-hydrogen) atoms. The molecule has 0 radical (unpaired) electrons. The molecule has 0 aliphatic rings. The summed E-state index contributed by atoms with van der Waals surface area (Å²) in [5.74, 6) is 0.665. The van der Waals surface area contributed by atoms with Gasteiger partial charge in [0.15, 0.2) is 5.82 Å². The SMILES string of the molecule is CC(=O)Nc1cccc2nc(-c3ccccn3)n(CCc3ccccn3)c12. The van der Waals surface area contributed by atoms with Gasteiger partial charge in [0.1, 0.15) is 5.69 Å². The standard InChI is InChI=1S/C21H19N5O/c1-15(27)24-17-9-6-10-18-20(17)26(14-11-16-7-2-4-12-22-16)21(25-18)19-8-3-5-13-23-19/h2-10,12-13H,11,14H2,1H3,(H,24,27). The first-order valence-electron chi connectivity index (χ1n) is 8.80. The largest absolute Gasteiger partial charge is 0.324 e. The van der Waals surface area contributed by atoms with Gasteiger partial charge in [0.2, 0.25) is 5.91 Å². The van der Waals surface area contributed by atoms with Gasteiger partial charge in [-0.25, -0.2) is 4.98 Å². The number of amides is 1. The maximum atomic E-state index is 11.7. The van der Waals surface area contributed by atoms with Gasteiger partial charge in [-0.2, -0.15) is 0 Å². The summed E-state index contributed by atoms with van der Waals surface area (Å²) < 4.78 is 2.11. The number of imidazole rings is 1. The summed E-state index contributed by atoms with van der Waals surface area (Å²) in [6.45, 7) is 2.18. The summed E-state index contributed by atoms with van der Waals surface area (Å²) in [5, 5.41) is 2.92.